The summed E-state index contributed by atoms with van der Waals surface area (Å²) in [5.74, 6) is -0.311. The van der Waals surface area contributed by atoms with Crippen LogP contribution in [0.4, 0.5) is 0 Å². The van der Waals surface area contributed by atoms with Gasteiger partial charge in [0.1, 0.15) is 0 Å². The summed E-state index contributed by atoms with van der Waals surface area (Å²) < 4.78 is 6.73. The van der Waals surface area contributed by atoms with Crippen molar-refractivity contribution >= 4 is 11.9 Å². The van der Waals surface area contributed by atoms with Gasteiger partial charge in [-0.2, -0.15) is 5.10 Å². The van der Waals surface area contributed by atoms with E-state index in [2.05, 4.69) is 5.10 Å². The highest BCUT2D eigenvalue weighted by molar-refractivity contribution is 5.89. The maximum absolute atomic E-state index is 11.9. The minimum Gasteiger partial charge on any atom is -0.461 e. The lowest BCUT2D eigenvalue weighted by Gasteiger charge is -2.27. The van der Waals surface area contributed by atoms with E-state index in [0.717, 1.165) is 17.7 Å². The fourth-order valence-electron chi connectivity index (χ4n) is 2.39. The minimum absolute atomic E-state index is 0.101. The van der Waals surface area contributed by atoms with Crippen LogP contribution >= 0.6 is 0 Å². The van der Waals surface area contributed by atoms with Crippen molar-refractivity contribution in [2.24, 2.45) is 7.05 Å². The molecule has 0 radical (unpaired) electrons. The highest BCUT2D eigenvalue weighted by Gasteiger charge is 2.29. The Hall–Kier alpha value is -1.85. The third kappa shape index (κ3) is 2.47. The van der Waals surface area contributed by atoms with E-state index in [0.29, 0.717) is 31.8 Å². The number of carbonyl (C=O) groups is 2. The number of amides is 1. The molecule has 0 fully saturated rings. The Morgan fingerprint density at radius 1 is 1.37 bits per heavy atom. The smallest absolute Gasteiger partial charge is 0.359 e. The molecule has 1 aliphatic heterocycles. The third-order valence-corrected chi connectivity index (χ3v) is 3.37. The van der Waals surface area contributed by atoms with E-state index >= 15 is 0 Å². The first-order valence-electron chi connectivity index (χ1n) is 6.58. The molecule has 6 nitrogen and oxygen atoms in total. The van der Waals surface area contributed by atoms with Crippen LogP contribution in [0, 0.1) is 0 Å². The van der Waals surface area contributed by atoms with Crippen LogP contribution in [-0.2, 0) is 29.5 Å². The first-order chi connectivity index (χ1) is 9.08. The fraction of sp³-hybridized carbons (Fsp3) is 0.615. The maximum Gasteiger partial charge on any atom is 0.359 e. The zero-order valence-corrected chi connectivity index (χ0v) is 11.6. The van der Waals surface area contributed by atoms with Crippen LogP contribution in [0.5, 0.6) is 0 Å². The molecule has 0 N–H and O–H groups in total. The lowest BCUT2D eigenvalue weighted by Crippen LogP contribution is -2.36. The fourth-order valence-corrected chi connectivity index (χ4v) is 2.39. The van der Waals surface area contributed by atoms with Gasteiger partial charge in [0, 0.05) is 44.2 Å². The molecule has 0 aromatic carbocycles. The van der Waals surface area contributed by atoms with Crippen molar-refractivity contribution in [1.82, 2.24) is 14.7 Å². The minimum atomic E-state index is -0.412. The van der Waals surface area contributed by atoms with E-state index in [-0.39, 0.29) is 5.91 Å². The second-order valence-corrected chi connectivity index (χ2v) is 4.54. The number of hydrogen-bond donors (Lipinski definition) is 0. The molecule has 2 heterocycles. The van der Waals surface area contributed by atoms with Gasteiger partial charge in [-0.15, -0.1) is 0 Å². The standard InChI is InChI=1S/C13H19N3O3/c1-4-11(17)16-7-6-10-9(8-16)12(14-15(10)3)13(18)19-5-2/h4-8H2,1-3H3. The van der Waals surface area contributed by atoms with Crippen molar-refractivity contribution in [2.75, 3.05) is 13.2 Å². The van der Waals surface area contributed by atoms with Crippen molar-refractivity contribution in [3.05, 3.63) is 17.0 Å². The Morgan fingerprint density at radius 3 is 2.74 bits per heavy atom. The highest BCUT2D eigenvalue weighted by Crippen LogP contribution is 2.23. The van der Waals surface area contributed by atoms with Gasteiger partial charge in [0.2, 0.25) is 5.91 Å². The Kier molecular flexibility index (Phi) is 3.87. The van der Waals surface area contributed by atoms with Crippen LogP contribution in [0.2, 0.25) is 0 Å². The van der Waals surface area contributed by atoms with Gasteiger partial charge in [0.15, 0.2) is 5.69 Å². The van der Waals surface area contributed by atoms with Crippen LogP contribution in [0.25, 0.3) is 0 Å². The van der Waals surface area contributed by atoms with E-state index in [9.17, 15) is 9.59 Å². The molecular formula is C13H19N3O3. The van der Waals surface area contributed by atoms with Crippen LogP contribution in [0.3, 0.4) is 0 Å². The van der Waals surface area contributed by atoms with E-state index in [1.54, 1.807) is 16.5 Å². The van der Waals surface area contributed by atoms with Crippen LogP contribution < -0.4 is 0 Å². The molecule has 1 aliphatic rings. The second-order valence-electron chi connectivity index (χ2n) is 4.54. The normalized spacial score (nSPS) is 14.2. The van der Waals surface area contributed by atoms with Gasteiger partial charge in [-0.05, 0) is 6.92 Å². The van der Waals surface area contributed by atoms with E-state index < -0.39 is 5.97 Å². The summed E-state index contributed by atoms with van der Waals surface area (Å²) in [6.45, 7) is 5.06. The number of hydrogen-bond acceptors (Lipinski definition) is 4. The van der Waals surface area contributed by atoms with Crippen molar-refractivity contribution in [2.45, 2.75) is 33.2 Å². The Morgan fingerprint density at radius 2 is 2.11 bits per heavy atom. The lowest BCUT2D eigenvalue weighted by atomic mass is 10.0. The van der Waals surface area contributed by atoms with Crippen LogP contribution in [0.15, 0.2) is 0 Å². The molecule has 0 saturated carbocycles. The molecule has 2 rings (SSSR count). The number of fused-ring (bicyclic) bond motifs is 1. The van der Waals surface area contributed by atoms with Gasteiger partial charge < -0.3 is 9.64 Å². The van der Waals surface area contributed by atoms with Gasteiger partial charge >= 0.3 is 5.97 Å². The Bertz CT molecular complexity index is 507. The zero-order chi connectivity index (χ0) is 14.0. The Labute approximate surface area is 112 Å². The molecule has 0 bridgehead atoms. The number of aryl methyl sites for hydroxylation is 1. The summed E-state index contributed by atoms with van der Waals surface area (Å²) in [6.07, 6.45) is 1.20. The molecule has 6 heteroatoms. The molecule has 1 amide bonds. The van der Waals surface area contributed by atoms with E-state index in [1.165, 1.54) is 0 Å². The SMILES string of the molecule is CCOC(=O)c1nn(C)c2c1CN(C(=O)CC)CC2. The summed E-state index contributed by atoms with van der Waals surface area (Å²) in [5, 5.41) is 4.23. The zero-order valence-electron chi connectivity index (χ0n) is 11.6. The van der Waals surface area contributed by atoms with Gasteiger partial charge in [-0.1, -0.05) is 6.92 Å². The monoisotopic (exact) mass is 265 g/mol. The largest absolute Gasteiger partial charge is 0.461 e. The number of rotatable bonds is 3. The topological polar surface area (TPSA) is 64.4 Å². The molecule has 1 aromatic heterocycles. The number of carbonyl (C=O) groups excluding carboxylic acids is 2. The lowest BCUT2D eigenvalue weighted by molar-refractivity contribution is -0.131. The highest BCUT2D eigenvalue weighted by atomic mass is 16.5. The quantitative estimate of drug-likeness (QED) is 0.761. The Balaban J connectivity index is 2.31. The second kappa shape index (κ2) is 5.42. The van der Waals surface area contributed by atoms with Gasteiger partial charge in [-0.25, -0.2) is 4.79 Å². The third-order valence-electron chi connectivity index (χ3n) is 3.37. The molecule has 0 atom stereocenters. The van der Waals surface area contributed by atoms with E-state index in [1.807, 2.05) is 14.0 Å². The summed E-state index contributed by atoms with van der Waals surface area (Å²) in [4.78, 5) is 25.4. The molecule has 1 aromatic rings. The summed E-state index contributed by atoms with van der Waals surface area (Å²) in [5.41, 5.74) is 2.19. The van der Waals surface area contributed by atoms with Gasteiger partial charge in [0.25, 0.3) is 0 Å². The summed E-state index contributed by atoms with van der Waals surface area (Å²) in [6, 6.07) is 0. The van der Waals surface area contributed by atoms with Crippen molar-refractivity contribution < 1.29 is 14.3 Å². The average Bonchev–Trinajstić information content (AvgIpc) is 2.75. The first-order valence-corrected chi connectivity index (χ1v) is 6.58. The molecule has 0 unspecified atom stereocenters. The average molecular weight is 265 g/mol. The predicted octanol–water partition coefficient (Wildman–Crippen LogP) is 0.891. The molecule has 0 spiro atoms. The summed E-state index contributed by atoms with van der Waals surface area (Å²) >= 11 is 0. The molecule has 19 heavy (non-hydrogen) atoms. The van der Waals surface area contributed by atoms with Gasteiger partial charge in [-0.3, -0.25) is 9.48 Å². The maximum atomic E-state index is 11.9. The first kappa shape index (κ1) is 13.6. The molecular weight excluding hydrogens is 246 g/mol. The molecule has 104 valence electrons. The van der Waals surface area contributed by atoms with Crippen molar-refractivity contribution in [3.8, 4) is 0 Å². The van der Waals surface area contributed by atoms with E-state index in [4.69, 9.17) is 4.74 Å². The predicted molar refractivity (Wildman–Crippen MR) is 68.6 cm³/mol. The van der Waals surface area contributed by atoms with Crippen LogP contribution in [-0.4, -0.2) is 39.7 Å². The number of ether oxygens (including phenoxy) is 1. The van der Waals surface area contributed by atoms with Crippen LogP contribution in [0.1, 0.15) is 42.0 Å². The number of esters is 1. The van der Waals surface area contributed by atoms with Gasteiger partial charge in [0.05, 0.1) is 6.61 Å². The van der Waals surface area contributed by atoms with Crippen molar-refractivity contribution in [3.63, 3.8) is 0 Å². The van der Waals surface area contributed by atoms with Crippen molar-refractivity contribution in [1.29, 1.82) is 0 Å². The molecule has 0 saturated heterocycles. The summed E-state index contributed by atoms with van der Waals surface area (Å²) in [7, 11) is 1.82. The number of nitrogens with zero attached hydrogens (tertiary/aromatic N) is 3. The number of aromatic nitrogens is 2. The molecule has 0 aliphatic carbocycles.